The number of alkyl halides is 9. The van der Waals surface area contributed by atoms with Crippen LogP contribution < -0.4 is 53.1 Å². The van der Waals surface area contributed by atoms with E-state index >= 15 is 0 Å². The number of nitriles is 3. The van der Waals surface area contributed by atoms with Crippen LogP contribution in [0.15, 0.2) is 111 Å². The number of aromatic nitrogens is 9. The van der Waals surface area contributed by atoms with Crippen molar-refractivity contribution >= 4 is 102 Å². The van der Waals surface area contributed by atoms with Crippen LogP contribution in [-0.2, 0) is 38.8 Å². The van der Waals surface area contributed by atoms with Crippen LogP contribution in [0.1, 0.15) is 170 Å². The number of halogens is 9. The number of ether oxygens (including phenoxy) is 2. The lowest BCUT2D eigenvalue weighted by molar-refractivity contribution is -0.137. The van der Waals surface area contributed by atoms with Crippen LogP contribution in [0.4, 0.5) is 95.1 Å². The Labute approximate surface area is 697 Å². The molecule has 6 aromatic heterocycles. The molecular formula is C83H92F9N21O8S. The van der Waals surface area contributed by atoms with Crippen molar-refractivity contribution in [2.24, 2.45) is 0 Å². The molecule has 3 aliphatic carbocycles. The fourth-order valence-electron chi connectivity index (χ4n) is 15.7. The second-order valence-corrected chi connectivity index (χ2v) is 33.6. The van der Waals surface area contributed by atoms with E-state index in [0.29, 0.717) is 85.5 Å². The number of nitrogen functional groups attached to an aromatic ring is 1. The van der Waals surface area contributed by atoms with Gasteiger partial charge in [-0.1, -0.05) is 38.5 Å². The molecule has 2 amide bonds. The third-order valence-electron chi connectivity index (χ3n) is 21.4. The van der Waals surface area contributed by atoms with E-state index in [1.54, 1.807) is 71.4 Å². The van der Waals surface area contributed by atoms with E-state index in [2.05, 4.69) is 45.9 Å². The van der Waals surface area contributed by atoms with Gasteiger partial charge in [-0.15, -0.1) is 0 Å². The first-order valence-corrected chi connectivity index (χ1v) is 41.5. The van der Waals surface area contributed by atoms with Crippen LogP contribution in [0.2, 0.25) is 0 Å². The summed E-state index contributed by atoms with van der Waals surface area (Å²) in [5.41, 5.74) is 2.66. The first-order valence-electron chi connectivity index (χ1n) is 39.9. The van der Waals surface area contributed by atoms with E-state index in [-0.39, 0.29) is 118 Å². The largest absolute Gasteiger partial charge is 0.444 e. The van der Waals surface area contributed by atoms with Crippen molar-refractivity contribution in [2.45, 2.75) is 172 Å². The molecule has 0 bridgehead atoms. The smallest absolute Gasteiger partial charge is 0.418 e. The Morgan fingerprint density at radius 1 is 0.467 bits per heavy atom. The topological polar surface area (TPSA) is 363 Å². The first kappa shape index (κ1) is 89.1. The first-order chi connectivity index (χ1) is 57.8. The summed E-state index contributed by atoms with van der Waals surface area (Å²) < 4.78 is 151. The second-order valence-electron chi connectivity index (χ2n) is 32.3. The number of benzene rings is 3. The minimum atomic E-state index is -4.64. The molecule has 6 fully saturated rings. The molecule has 29 nitrogen and oxygen atoms in total. The molecule has 0 spiro atoms. The van der Waals surface area contributed by atoms with Crippen LogP contribution in [0, 0.1) is 34.0 Å². The van der Waals surface area contributed by atoms with Crippen molar-refractivity contribution in [1.29, 1.82) is 15.8 Å². The van der Waals surface area contributed by atoms with Gasteiger partial charge < -0.3 is 55.7 Å². The van der Waals surface area contributed by atoms with Gasteiger partial charge in [0.1, 0.15) is 63.0 Å². The molecule has 3 aromatic carbocycles. The number of nitrogens with two attached hydrogens (primary N) is 1. The van der Waals surface area contributed by atoms with Crippen molar-refractivity contribution in [3.8, 4) is 18.2 Å². The van der Waals surface area contributed by atoms with Gasteiger partial charge in [-0.2, -0.15) is 65.3 Å². The number of nitrogens with one attached hydrogen (secondary N) is 3. The maximum absolute atomic E-state index is 14.2. The average molecular weight is 1710 g/mol. The van der Waals surface area contributed by atoms with Crippen LogP contribution in [0.25, 0.3) is 33.1 Å². The standard InChI is InChI=1S/C29H32F3N7O3.C24H24F3N7O.C16H22F3N3O2.C14H14N4O2S/c1-28(2,3)42-27(41)38-12-10-37(11-13-38)23-9-8-20(15-22(23)29(30,31)32)35-26-34-17-19-14-18(16-33)25(40)39(24(19)36-26)21-6-4-5-7-21;25-24(26,27)19-12-17(5-6-20(19)33-9-7-29-8-10-33)31-23-30-14-16-11-15(13-28)22(35)34(21(16)32-23)18-3-1-2-4-18;1-15(2,3)24-14(23)22-8-6-21(7-9-22)13-5-4-11(20)10-12(13)16(17,18)19;1-21(20)14-16-8-10-6-9(7-15)13(19)18(12(10)17-14)11-4-2-3-5-11/h8-9,14-15,17,21H,4-7,10-13H2,1-3H3,(H,34,35,36);5-6,11-12,14,18,29H,1-4,7-10H2,(H,30,31,32);4-5,10H,6-9,20H2,1-3H3;6,8,11H,2-5H2,1H3. The Balaban J connectivity index is 0.000000154. The highest BCUT2D eigenvalue weighted by atomic mass is 32.2. The summed E-state index contributed by atoms with van der Waals surface area (Å²) in [6.45, 7) is 14.9. The van der Waals surface area contributed by atoms with Gasteiger partial charge >= 0.3 is 30.7 Å². The molecule has 6 aliphatic rings. The van der Waals surface area contributed by atoms with Crippen LogP contribution in [-0.4, -0.2) is 166 Å². The number of rotatable bonds is 11. The normalized spacial score (nSPS) is 16.7. The van der Waals surface area contributed by atoms with Gasteiger partial charge in [-0.25, -0.2) is 29.5 Å². The zero-order valence-electron chi connectivity index (χ0n) is 68.1. The quantitative estimate of drug-likeness (QED) is 0.0531. The van der Waals surface area contributed by atoms with Gasteiger partial charge in [0.2, 0.25) is 17.1 Å². The molecule has 3 saturated carbocycles. The molecule has 39 heteroatoms. The lowest BCUT2D eigenvalue weighted by Crippen LogP contribution is -2.50. The molecule has 1 atom stereocenters. The Morgan fingerprint density at radius 2 is 0.787 bits per heavy atom. The molecule has 5 N–H and O–H groups in total. The number of carbonyl (C=O) groups excluding carboxylic acids is 2. The zero-order valence-corrected chi connectivity index (χ0v) is 68.9. The Hall–Kier alpha value is -12.2. The number of carbonyl (C=O) groups is 2. The maximum Gasteiger partial charge on any atom is 0.418 e. The van der Waals surface area contributed by atoms with Gasteiger partial charge in [0.25, 0.3) is 16.7 Å². The molecule has 15 rings (SSSR count). The van der Waals surface area contributed by atoms with Gasteiger partial charge in [0, 0.05) is 172 Å². The summed E-state index contributed by atoms with van der Waals surface area (Å²) in [6, 6.07) is 21.9. The number of hydrogen-bond donors (Lipinski definition) is 4. The van der Waals surface area contributed by atoms with Crippen molar-refractivity contribution in [3.05, 3.63) is 156 Å². The maximum atomic E-state index is 14.2. The molecule has 3 saturated heterocycles. The van der Waals surface area contributed by atoms with E-state index in [9.17, 15) is 78.2 Å². The van der Waals surface area contributed by atoms with E-state index in [1.165, 1.54) is 87.7 Å². The van der Waals surface area contributed by atoms with Crippen molar-refractivity contribution in [1.82, 2.24) is 58.7 Å². The number of amides is 2. The molecule has 646 valence electrons. The second kappa shape index (κ2) is 37.0. The summed E-state index contributed by atoms with van der Waals surface area (Å²) >= 11 is 0. The van der Waals surface area contributed by atoms with Crippen molar-refractivity contribution in [2.75, 3.05) is 116 Å². The Bertz CT molecular complexity index is 5730. The number of fused-ring (bicyclic) bond motifs is 3. The van der Waals surface area contributed by atoms with Crippen molar-refractivity contribution in [3.63, 3.8) is 0 Å². The van der Waals surface area contributed by atoms with E-state index in [1.807, 2.05) is 18.2 Å². The molecular weight excluding hydrogens is 1620 g/mol. The number of nitrogens with zero attached hydrogens (tertiary/aromatic N) is 17. The van der Waals surface area contributed by atoms with Crippen LogP contribution >= 0.6 is 0 Å². The van der Waals surface area contributed by atoms with Gasteiger partial charge in [0.15, 0.2) is 0 Å². The highest BCUT2D eigenvalue weighted by molar-refractivity contribution is 7.84. The molecule has 3 aliphatic heterocycles. The lowest BCUT2D eigenvalue weighted by atomic mass is 10.1. The third kappa shape index (κ3) is 21.2. The minimum Gasteiger partial charge on any atom is -0.444 e. The number of anilines is 8. The molecule has 9 aromatic rings. The fourth-order valence-corrected chi connectivity index (χ4v) is 16.1. The number of pyridine rings is 3. The van der Waals surface area contributed by atoms with E-state index in [0.717, 1.165) is 95.2 Å². The Morgan fingerprint density at radius 3 is 1.11 bits per heavy atom. The third-order valence-corrected chi connectivity index (χ3v) is 22.1. The number of hydrogen-bond acceptors (Lipinski definition) is 24. The predicted molar refractivity (Wildman–Crippen MR) is 441 cm³/mol. The van der Waals surface area contributed by atoms with E-state index < -0.39 is 80.5 Å². The highest BCUT2D eigenvalue weighted by Crippen LogP contribution is 2.43. The van der Waals surface area contributed by atoms with Gasteiger partial charge in [0.05, 0.1) is 27.5 Å². The predicted octanol–water partition coefficient (Wildman–Crippen LogP) is 14.4. The fraction of sp³-hybridized carbons (Fsp3) is 0.470. The SMILES string of the molecule is CC(C)(C)OC(=O)N1CCN(c2ccc(N)cc2C(F)(F)F)CC1.CC(C)(C)OC(=O)N1CCN(c2ccc(Nc3ncc4cc(C#N)c(=O)n(C5CCCC5)c4n3)cc2C(F)(F)F)CC1.CS(=O)c1ncc2cc(C#N)c(=O)n(C3CCCC3)c2n1.N#Cc1cc2cnc(Nc3ccc(N4CCNCC4)c(C(F)(F)F)c3)nc2n(C2CCCC2)c1=O. The molecule has 1 unspecified atom stereocenters. The molecule has 9 heterocycles. The summed E-state index contributed by atoms with van der Waals surface area (Å²) in [4.78, 5) is 96.6. The lowest BCUT2D eigenvalue weighted by Gasteiger charge is -2.37. The Kier molecular flexibility index (Phi) is 27.0. The zero-order chi connectivity index (χ0) is 87.9. The highest BCUT2D eigenvalue weighted by Gasteiger charge is 2.40. The summed E-state index contributed by atoms with van der Waals surface area (Å²) in [7, 11) is -1.31. The average Bonchev–Trinajstić information content (AvgIpc) is 1.23. The van der Waals surface area contributed by atoms with E-state index in [4.69, 9.17) is 20.5 Å². The van der Waals surface area contributed by atoms with Crippen LogP contribution in [0.3, 0.4) is 0 Å². The molecule has 122 heavy (non-hydrogen) atoms. The summed E-state index contributed by atoms with van der Waals surface area (Å²) in [5, 5.41) is 38.7. The summed E-state index contributed by atoms with van der Waals surface area (Å²) in [5.74, 6) is 0.113. The number of piperazine rings is 3. The molecule has 0 radical (unpaired) electrons. The summed E-state index contributed by atoms with van der Waals surface area (Å²) in [6.07, 6.45) is 2.34. The van der Waals surface area contributed by atoms with Gasteiger partial charge in [-0.05, 0) is 153 Å². The van der Waals surface area contributed by atoms with Crippen LogP contribution in [0.5, 0.6) is 0 Å². The monoisotopic (exact) mass is 1710 g/mol. The van der Waals surface area contributed by atoms with Crippen molar-refractivity contribution < 1.29 is 62.8 Å². The van der Waals surface area contributed by atoms with Gasteiger partial charge in [-0.3, -0.25) is 32.3 Å². The minimum absolute atomic E-state index is 0.00366.